The second-order valence-electron chi connectivity index (χ2n) is 6.56. The highest BCUT2D eigenvalue weighted by atomic mass is 35.5. The molecular weight excluding hydrogens is 350 g/mol. The standard InChI is InChI=1S/C17H24ClNO4S/c18-14-6-7-16(23-12-13-3-1-4-13)17(11-14)24(20,21)19-15-5-2-9-22-10-8-15/h6-7,11,13,15,19H,1-5,8-10,12H2/t15-/m1/s1. The van der Waals surface area contributed by atoms with E-state index in [1.165, 1.54) is 12.5 Å². The summed E-state index contributed by atoms with van der Waals surface area (Å²) in [6, 6.07) is 4.66. The molecule has 1 heterocycles. The fourth-order valence-electron chi connectivity index (χ4n) is 2.98. The van der Waals surface area contributed by atoms with Gasteiger partial charge in [0.1, 0.15) is 10.6 Å². The van der Waals surface area contributed by atoms with Crippen molar-refractivity contribution < 1.29 is 17.9 Å². The monoisotopic (exact) mass is 373 g/mol. The van der Waals surface area contributed by atoms with Gasteiger partial charge in [0.2, 0.25) is 10.0 Å². The highest BCUT2D eigenvalue weighted by molar-refractivity contribution is 7.89. The van der Waals surface area contributed by atoms with Crippen molar-refractivity contribution in [2.75, 3.05) is 19.8 Å². The van der Waals surface area contributed by atoms with Gasteiger partial charge in [-0.05, 0) is 56.2 Å². The summed E-state index contributed by atoms with van der Waals surface area (Å²) in [4.78, 5) is 0.125. The second kappa shape index (κ2) is 8.04. The summed E-state index contributed by atoms with van der Waals surface area (Å²) < 4.78 is 39.6. The van der Waals surface area contributed by atoms with E-state index < -0.39 is 10.0 Å². The van der Waals surface area contributed by atoms with Crippen LogP contribution in [0, 0.1) is 5.92 Å². The summed E-state index contributed by atoms with van der Waals surface area (Å²) in [6.45, 7) is 1.82. The first-order chi connectivity index (χ1) is 11.5. The topological polar surface area (TPSA) is 64.6 Å². The molecule has 1 aliphatic carbocycles. The van der Waals surface area contributed by atoms with Crippen LogP contribution < -0.4 is 9.46 Å². The molecule has 24 heavy (non-hydrogen) atoms. The van der Waals surface area contributed by atoms with Crippen LogP contribution in [0.15, 0.2) is 23.1 Å². The van der Waals surface area contributed by atoms with Gasteiger partial charge in [0.25, 0.3) is 0 Å². The molecule has 1 aromatic rings. The van der Waals surface area contributed by atoms with Crippen molar-refractivity contribution in [2.45, 2.75) is 49.5 Å². The maximum Gasteiger partial charge on any atom is 0.244 e. The van der Waals surface area contributed by atoms with Gasteiger partial charge in [-0.1, -0.05) is 18.0 Å². The first kappa shape index (κ1) is 18.0. The molecule has 1 atom stereocenters. The van der Waals surface area contributed by atoms with Crippen LogP contribution in [0.4, 0.5) is 0 Å². The van der Waals surface area contributed by atoms with Crippen LogP contribution in [0.3, 0.4) is 0 Å². The zero-order valence-electron chi connectivity index (χ0n) is 13.7. The first-order valence-corrected chi connectivity index (χ1v) is 10.4. The number of benzene rings is 1. The van der Waals surface area contributed by atoms with Gasteiger partial charge >= 0.3 is 0 Å². The third-order valence-electron chi connectivity index (χ3n) is 4.67. The fraction of sp³-hybridized carbons (Fsp3) is 0.647. The number of ether oxygens (including phenoxy) is 2. The number of nitrogens with one attached hydrogen (secondary N) is 1. The lowest BCUT2D eigenvalue weighted by Gasteiger charge is -2.26. The molecule has 1 aromatic carbocycles. The summed E-state index contributed by atoms with van der Waals surface area (Å²) in [7, 11) is -3.68. The van der Waals surface area contributed by atoms with Crippen molar-refractivity contribution in [1.29, 1.82) is 0 Å². The van der Waals surface area contributed by atoms with E-state index >= 15 is 0 Å². The smallest absolute Gasteiger partial charge is 0.244 e. The average molecular weight is 374 g/mol. The molecule has 0 bridgehead atoms. The Bertz CT molecular complexity index is 653. The van der Waals surface area contributed by atoms with Crippen LogP contribution >= 0.6 is 11.6 Å². The van der Waals surface area contributed by atoms with Gasteiger partial charge in [-0.2, -0.15) is 0 Å². The van der Waals surface area contributed by atoms with Crippen LogP contribution in [0.25, 0.3) is 0 Å². The largest absolute Gasteiger partial charge is 0.492 e. The summed E-state index contributed by atoms with van der Waals surface area (Å²) >= 11 is 6.03. The maximum absolute atomic E-state index is 12.8. The molecule has 0 aromatic heterocycles. The summed E-state index contributed by atoms with van der Waals surface area (Å²) in [5.74, 6) is 0.909. The third-order valence-corrected chi connectivity index (χ3v) is 6.45. The molecule has 1 aliphatic heterocycles. The van der Waals surface area contributed by atoms with E-state index in [1.807, 2.05) is 0 Å². The Kier molecular flexibility index (Phi) is 6.02. The Hall–Kier alpha value is -0.820. The van der Waals surface area contributed by atoms with Crippen molar-refractivity contribution >= 4 is 21.6 Å². The van der Waals surface area contributed by atoms with E-state index in [2.05, 4.69) is 4.72 Å². The van der Waals surface area contributed by atoms with Crippen molar-refractivity contribution in [1.82, 2.24) is 4.72 Å². The molecule has 1 saturated carbocycles. The number of halogens is 1. The second-order valence-corrected chi connectivity index (χ2v) is 8.68. The number of rotatable bonds is 6. The SMILES string of the molecule is O=S(=O)(N[C@@H]1CCCOCC1)c1cc(Cl)ccc1OCC1CCC1. The van der Waals surface area contributed by atoms with Crippen molar-refractivity contribution in [3.8, 4) is 5.75 Å². The van der Waals surface area contributed by atoms with Crippen molar-refractivity contribution in [3.63, 3.8) is 0 Å². The lowest BCUT2D eigenvalue weighted by atomic mass is 9.86. The van der Waals surface area contributed by atoms with Crippen LogP contribution in [0.5, 0.6) is 5.75 Å². The van der Waals surface area contributed by atoms with Crippen LogP contribution in [0.1, 0.15) is 38.5 Å². The molecule has 0 spiro atoms. The Morgan fingerprint density at radius 1 is 1.17 bits per heavy atom. The zero-order chi connectivity index (χ0) is 17.0. The quantitative estimate of drug-likeness (QED) is 0.830. The third kappa shape index (κ3) is 4.63. The number of hydrogen-bond acceptors (Lipinski definition) is 4. The van der Waals surface area contributed by atoms with Crippen molar-refractivity contribution in [3.05, 3.63) is 23.2 Å². The minimum atomic E-state index is -3.68. The zero-order valence-corrected chi connectivity index (χ0v) is 15.2. The molecule has 7 heteroatoms. The highest BCUT2D eigenvalue weighted by Gasteiger charge is 2.26. The molecule has 5 nitrogen and oxygen atoms in total. The minimum Gasteiger partial charge on any atom is -0.492 e. The molecule has 2 fully saturated rings. The molecule has 134 valence electrons. The summed E-state index contributed by atoms with van der Waals surface area (Å²) in [5, 5.41) is 0.385. The minimum absolute atomic E-state index is 0.115. The number of sulfonamides is 1. The predicted octanol–water partition coefficient (Wildman–Crippen LogP) is 3.37. The Morgan fingerprint density at radius 3 is 2.75 bits per heavy atom. The van der Waals surface area contributed by atoms with Gasteiger partial charge in [0.05, 0.1) is 6.61 Å². The molecule has 3 rings (SSSR count). The lowest BCUT2D eigenvalue weighted by Crippen LogP contribution is -2.35. The highest BCUT2D eigenvalue weighted by Crippen LogP contribution is 2.31. The maximum atomic E-state index is 12.8. The van der Waals surface area contributed by atoms with Gasteiger partial charge in [-0.15, -0.1) is 0 Å². The van der Waals surface area contributed by atoms with Gasteiger partial charge in [-0.25, -0.2) is 13.1 Å². The summed E-state index contributed by atoms with van der Waals surface area (Å²) in [5.41, 5.74) is 0. The Labute approximate surface area is 148 Å². The van der Waals surface area contributed by atoms with Crippen LogP contribution in [0.2, 0.25) is 5.02 Å². The van der Waals surface area contributed by atoms with Gasteiger partial charge in [0.15, 0.2) is 0 Å². The van der Waals surface area contributed by atoms with Gasteiger partial charge in [0, 0.05) is 24.3 Å². The van der Waals surface area contributed by atoms with E-state index in [0.29, 0.717) is 42.9 Å². The van der Waals surface area contributed by atoms with Crippen LogP contribution in [-0.2, 0) is 14.8 Å². The van der Waals surface area contributed by atoms with Crippen molar-refractivity contribution in [2.24, 2.45) is 5.92 Å². The first-order valence-electron chi connectivity index (χ1n) is 8.57. The molecule has 1 N–H and O–H groups in total. The van der Waals surface area contributed by atoms with E-state index in [1.54, 1.807) is 12.1 Å². The van der Waals surface area contributed by atoms with Gasteiger partial charge < -0.3 is 9.47 Å². The molecule has 2 aliphatic rings. The Balaban J connectivity index is 1.75. The fourth-order valence-corrected chi connectivity index (χ4v) is 4.70. The van der Waals surface area contributed by atoms with E-state index in [0.717, 1.165) is 25.7 Å². The predicted molar refractivity (Wildman–Crippen MR) is 93.1 cm³/mol. The average Bonchev–Trinajstić information content (AvgIpc) is 2.75. The van der Waals surface area contributed by atoms with Gasteiger partial charge in [-0.3, -0.25) is 0 Å². The molecule has 1 saturated heterocycles. The van der Waals surface area contributed by atoms with E-state index in [4.69, 9.17) is 21.1 Å². The lowest BCUT2D eigenvalue weighted by molar-refractivity contribution is 0.143. The molecular formula is C17H24ClNO4S. The number of hydrogen-bond donors (Lipinski definition) is 1. The molecule has 0 unspecified atom stereocenters. The van der Waals surface area contributed by atoms with E-state index in [-0.39, 0.29) is 10.9 Å². The Morgan fingerprint density at radius 2 is 2.00 bits per heavy atom. The summed E-state index contributed by atoms with van der Waals surface area (Å²) in [6.07, 6.45) is 5.83. The van der Waals surface area contributed by atoms with E-state index in [9.17, 15) is 8.42 Å². The molecule has 0 radical (unpaired) electrons. The normalized spacial score (nSPS) is 22.6. The van der Waals surface area contributed by atoms with Crippen LogP contribution in [-0.4, -0.2) is 34.3 Å². The molecule has 0 amide bonds.